The van der Waals surface area contributed by atoms with Crippen LogP contribution in [0.3, 0.4) is 0 Å². The molecule has 5 heteroatoms. The summed E-state index contributed by atoms with van der Waals surface area (Å²) in [6, 6.07) is 6.25. The van der Waals surface area contributed by atoms with Gasteiger partial charge in [0.25, 0.3) is 0 Å². The van der Waals surface area contributed by atoms with Gasteiger partial charge in [-0.1, -0.05) is 0 Å². The van der Waals surface area contributed by atoms with Crippen LogP contribution in [0, 0.1) is 12.7 Å². The van der Waals surface area contributed by atoms with E-state index in [1.165, 1.54) is 6.07 Å². The summed E-state index contributed by atoms with van der Waals surface area (Å²) in [6.45, 7) is 1.77. The van der Waals surface area contributed by atoms with Crippen LogP contribution >= 0.6 is 15.9 Å². The highest BCUT2D eigenvalue weighted by molar-refractivity contribution is 9.10. The predicted octanol–water partition coefficient (Wildman–Crippen LogP) is 2.65. The van der Waals surface area contributed by atoms with Gasteiger partial charge >= 0.3 is 5.69 Å². The minimum Gasteiger partial charge on any atom is -0.310 e. The molecule has 1 N–H and O–H groups in total. The third kappa shape index (κ3) is 2.19. The van der Waals surface area contributed by atoms with E-state index in [1.807, 2.05) is 0 Å². The lowest BCUT2D eigenvalue weighted by atomic mass is 10.1. The molecular formula is C11H8BrFN2O. The molecule has 0 aliphatic carbocycles. The number of halogens is 2. The maximum atomic E-state index is 13.0. The molecule has 0 fully saturated rings. The van der Waals surface area contributed by atoms with Crippen LogP contribution in [0.15, 0.2) is 33.5 Å². The summed E-state index contributed by atoms with van der Waals surface area (Å²) in [5, 5.41) is 0. The van der Waals surface area contributed by atoms with Crippen LogP contribution < -0.4 is 5.69 Å². The van der Waals surface area contributed by atoms with Crippen LogP contribution in [0.1, 0.15) is 5.69 Å². The first-order valence-corrected chi connectivity index (χ1v) is 5.39. The van der Waals surface area contributed by atoms with Crippen molar-refractivity contribution < 1.29 is 4.39 Å². The van der Waals surface area contributed by atoms with E-state index < -0.39 is 5.69 Å². The van der Waals surface area contributed by atoms with Crippen molar-refractivity contribution in [3.8, 4) is 11.3 Å². The van der Waals surface area contributed by atoms with Crippen molar-refractivity contribution in [2.24, 2.45) is 0 Å². The zero-order valence-corrected chi connectivity index (χ0v) is 10.0. The van der Waals surface area contributed by atoms with Gasteiger partial charge in [0.05, 0.1) is 10.2 Å². The topological polar surface area (TPSA) is 45.8 Å². The number of hydrogen-bond acceptors (Lipinski definition) is 2. The fourth-order valence-electron chi connectivity index (χ4n) is 1.38. The lowest BCUT2D eigenvalue weighted by molar-refractivity contribution is 0.621. The fraction of sp³-hybridized carbons (Fsp3) is 0.0909. The molecule has 1 aromatic heterocycles. The molecule has 16 heavy (non-hydrogen) atoms. The highest BCUT2D eigenvalue weighted by atomic mass is 79.9. The van der Waals surface area contributed by atoms with Gasteiger partial charge in [-0.3, -0.25) is 0 Å². The molecule has 0 saturated carbocycles. The molecule has 82 valence electrons. The number of aromatic amines is 1. The van der Waals surface area contributed by atoms with Gasteiger partial charge in [-0.15, -0.1) is 0 Å². The number of rotatable bonds is 1. The first-order valence-electron chi connectivity index (χ1n) is 4.59. The Kier molecular flexibility index (Phi) is 2.87. The van der Waals surface area contributed by atoms with E-state index in [0.29, 0.717) is 15.7 Å². The second-order valence-electron chi connectivity index (χ2n) is 3.38. The van der Waals surface area contributed by atoms with E-state index in [0.717, 1.165) is 5.69 Å². The summed E-state index contributed by atoms with van der Waals surface area (Å²) < 4.78 is 13.4. The molecule has 0 saturated heterocycles. The Morgan fingerprint density at radius 2 is 2.12 bits per heavy atom. The highest BCUT2D eigenvalue weighted by Crippen LogP contribution is 2.23. The molecule has 0 aliphatic heterocycles. The first-order chi connectivity index (χ1) is 7.56. The van der Waals surface area contributed by atoms with Gasteiger partial charge in [-0.25, -0.2) is 9.18 Å². The SMILES string of the molecule is Cc1cc(-c2ccc(F)c(Br)c2)nc(=O)[nH]1. The van der Waals surface area contributed by atoms with E-state index in [-0.39, 0.29) is 5.82 Å². The van der Waals surface area contributed by atoms with Crippen LogP contribution in [-0.2, 0) is 0 Å². The van der Waals surface area contributed by atoms with E-state index >= 15 is 0 Å². The second kappa shape index (κ2) is 4.17. The Labute approximate surface area is 99.5 Å². The molecular weight excluding hydrogens is 275 g/mol. The van der Waals surface area contributed by atoms with Crippen LogP contribution in [-0.4, -0.2) is 9.97 Å². The smallest absolute Gasteiger partial charge is 0.310 e. The molecule has 3 nitrogen and oxygen atoms in total. The zero-order chi connectivity index (χ0) is 11.7. The van der Waals surface area contributed by atoms with E-state index in [1.54, 1.807) is 25.1 Å². The molecule has 0 atom stereocenters. The van der Waals surface area contributed by atoms with Crippen molar-refractivity contribution >= 4 is 15.9 Å². The third-order valence-corrected chi connectivity index (χ3v) is 2.70. The molecule has 0 unspecified atom stereocenters. The quantitative estimate of drug-likeness (QED) is 0.874. The monoisotopic (exact) mass is 282 g/mol. The van der Waals surface area contributed by atoms with E-state index in [2.05, 4.69) is 25.9 Å². The summed E-state index contributed by atoms with van der Waals surface area (Å²) in [4.78, 5) is 17.6. The Bertz CT molecular complexity index is 595. The van der Waals surface area contributed by atoms with E-state index in [9.17, 15) is 9.18 Å². The van der Waals surface area contributed by atoms with Crippen molar-refractivity contribution in [2.45, 2.75) is 6.92 Å². The minimum atomic E-state index is -0.407. The Balaban J connectivity index is 2.58. The van der Waals surface area contributed by atoms with Crippen LogP contribution in [0.25, 0.3) is 11.3 Å². The van der Waals surface area contributed by atoms with Crippen molar-refractivity contribution in [3.63, 3.8) is 0 Å². The summed E-state index contributed by atoms with van der Waals surface area (Å²) in [5.41, 5.74) is 1.54. The summed E-state index contributed by atoms with van der Waals surface area (Å²) in [6.07, 6.45) is 0. The van der Waals surface area contributed by atoms with Gasteiger partial charge in [0.1, 0.15) is 5.82 Å². The second-order valence-corrected chi connectivity index (χ2v) is 4.24. The molecule has 0 amide bonds. The zero-order valence-electron chi connectivity index (χ0n) is 8.42. The van der Waals surface area contributed by atoms with Gasteiger partial charge in [0.15, 0.2) is 0 Å². The van der Waals surface area contributed by atoms with Crippen LogP contribution in [0.5, 0.6) is 0 Å². The van der Waals surface area contributed by atoms with Crippen LogP contribution in [0.4, 0.5) is 4.39 Å². The fourth-order valence-corrected chi connectivity index (χ4v) is 1.76. The molecule has 0 bridgehead atoms. The van der Waals surface area contributed by atoms with Crippen molar-refractivity contribution in [1.29, 1.82) is 0 Å². The first kappa shape index (κ1) is 11.0. The lowest BCUT2D eigenvalue weighted by Gasteiger charge is -2.02. The minimum absolute atomic E-state index is 0.342. The molecule has 1 heterocycles. The number of hydrogen-bond donors (Lipinski definition) is 1. The Morgan fingerprint density at radius 1 is 1.38 bits per heavy atom. The maximum absolute atomic E-state index is 13.0. The Hall–Kier alpha value is -1.49. The van der Waals surface area contributed by atoms with Gasteiger partial charge in [0.2, 0.25) is 0 Å². The van der Waals surface area contributed by atoms with E-state index in [4.69, 9.17) is 0 Å². The predicted molar refractivity (Wildman–Crippen MR) is 62.7 cm³/mol. The average molecular weight is 283 g/mol. The summed E-state index contributed by atoms with van der Waals surface area (Å²) in [7, 11) is 0. The van der Waals surface area contributed by atoms with Gasteiger partial charge in [-0.2, -0.15) is 4.98 Å². The number of nitrogens with one attached hydrogen (secondary N) is 1. The van der Waals surface area contributed by atoms with Crippen molar-refractivity contribution in [2.75, 3.05) is 0 Å². The number of benzene rings is 1. The van der Waals surface area contributed by atoms with Gasteiger partial charge in [-0.05, 0) is 47.1 Å². The van der Waals surface area contributed by atoms with Gasteiger partial charge < -0.3 is 4.98 Å². The highest BCUT2D eigenvalue weighted by Gasteiger charge is 2.05. The molecule has 2 aromatic rings. The summed E-state index contributed by atoms with van der Waals surface area (Å²) >= 11 is 3.09. The lowest BCUT2D eigenvalue weighted by Crippen LogP contribution is -2.11. The number of aromatic nitrogens is 2. The van der Waals surface area contributed by atoms with Crippen molar-refractivity contribution in [1.82, 2.24) is 9.97 Å². The van der Waals surface area contributed by atoms with Gasteiger partial charge in [0, 0.05) is 11.3 Å². The van der Waals surface area contributed by atoms with Crippen LogP contribution in [0.2, 0.25) is 0 Å². The summed E-state index contributed by atoms with van der Waals surface area (Å²) in [5.74, 6) is -0.342. The molecule has 0 aliphatic rings. The normalized spacial score (nSPS) is 10.4. The third-order valence-electron chi connectivity index (χ3n) is 2.09. The number of H-pyrrole nitrogens is 1. The average Bonchev–Trinajstić information content (AvgIpc) is 2.20. The van der Waals surface area contributed by atoms with Crippen molar-refractivity contribution in [3.05, 3.63) is 50.7 Å². The molecule has 1 aromatic carbocycles. The standard InChI is InChI=1S/C11H8BrFN2O/c1-6-4-10(15-11(16)14-6)7-2-3-9(13)8(12)5-7/h2-5H,1H3,(H,14,15,16). The molecule has 2 rings (SSSR count). The number of aryl methyl sites for hydroxylation is 1. The molecule has 0 radical (unpaired) electrons. The number of nitrogens with zero attached hydrogens (tertiary/aromatic N) is 1. The largest absolute Gasteiger partial charge is 0.345 e. The maximum Gasteiger partial charge on any atom is 0.345 e. The Morgan fingerprint density at radius 3 is 2.75 bits per heavy atom. The molecule has 0 spiro atoms.